The first-order valence-electron chi connectivity index (χ1n) is 13.3. The molecule has 0 radical (unpaired) electrons. The van der Waals surface area contributed by atoms with E-state index in [1.165, 1.54) is 30.1 Å². The second kappa shape index (κ2) is 9.96. The number of fused-ring (bicyclic) bond motifs is 1. The minimum Gasteiger partial charge on any atom is -0.480 e. The van der Waals surface area contributed by atoms with Crippen LogP contribution in [0.4, 0.5) is 23.4 Å². The summed E-state index contributed by atoms with van der Waals surface area (Å²) in [5, 5.41) is 4.76. The zero-order valence-corrected chi connectivity index (χ0v) is 22.6. The van der Waals surface area contributed by atoms with E-state index in [4.69, 9.17) is 9.84 Å². The van der Waals surface area contributed by atoms with Gasteiger partial charge in [0.15, 0.2) is 5.69 Å². The maximum atomic E-state index is 15.4. The lowest BCUT2D eigenvalue weighted by Crippen LogP contribution is -2.39. The Kier molecular flexibility index (Phi) is 6.54. The van der Waals surface area contributed by atoms with Crippen LogP contribution in [0.1, 0.15) is 62.0 Å². The van der Waals surface area contributed by atoms with Crippen LogP contribution in [0.5, 0.6) is 5.88 Å². The van der Waals surface area contributed by atoms with Crippen LogP contribution in [0.2, 0.25) is 0 Å². The Morgan fingerprint density at radius 2 is 1.95 bits per heavy atom. The fourth-order valence-electron chi connectivity index (χ4n) is 5.33. The van der Waals surface area contributed by atoms with Crippen molar-refractivity contribution < 1.29 is 27.1 Å². The third-order valence-electron chi connectivity index (χ3n) is 7.58. The summed E-state index contributed by atoms with van der Waals surface area (Å²) in [6.45, 7) is 3.99. The number of aryl methyl sites for hydroxylation is 2. The van der Waals surface area contributed by atoms with Crippen molar-refractivity contribution in [1.29, 1.82) is 0 Å². The molecule has 13 heteroatoms. The lowest BCUT2D eigenvalue weighted by atomic mass is 10.0. The average Bonchev–Trinajstić information content (AvgIpc) is 3.55. The molecule has 6 rings (SSSR count). The number of carbonyl (C=O) groups excluding carboxylic acids is 1. The number of methoxy groups -OCH3 is 1. The van der Waals surface area contributed by atoms with Crippen molar-refractivity contribution in [1.82, 2.24) is 29.3 Å². The molecule has 41 heavy (non-hydrogen) atoms. The number of ether oxygens (including phenoxy) is 1. The van der Waals surface area contributed by atoms with Gasteiger partial charge in [0, 0.05) is 31.1 Å². The summed E-state index contributed by atoms with van der Waals surface area (Å²) in [6.07, 6.45) is -0.0757. The highest BCUT2D eigenvalue weighted by Crippen LogP contribution is 2.46. The minimum atomic E-state index is -4.65. The van der Waals surface area contributed by atoms with Crippen LogP contribution in [-0.4, -0.2) is 42.3 Å². The van der Waals surface area contributed by atoms with Crippen LogP contribution >= 0.6 is 0 Å². The number of hydrogen-bond acceptors (Lipinski definition) is 6. The molecule has 1 fully saturated rings. The van der Waals surface area contributed by atoms with Crippen LogP contribution in [0, 0.1) is 5.82 Å². The molecule has 4 heterocycles. The molecule has 0 bridgehead atoms. The molecule has 1 aliphatic heterocycles. The maximum Gasteiger partial charge on any atom is 0.434 e. The molecule has 4 aromatic rings. The maximum absolute atomic E-state index is 15.4. The van der Waals surface area contributed by atoms with Gasteiger partial charge in [-0.05, 0) is 44.4 Å². The van der Waals surface area contributed by atoms with Crippen molar-refractivity contribution in [3.05, 3.63) is 59.6 Å². The molecule has 1 atom stereocenters. The monoisotopic (exact) mass is 569 g/mol. The third-order valence-corrected chi connectivity index (χ3v) is 7.58. The molecule has 0 unspecified atom stereocenters. The Balaban J connectivity index is 1.36. The summed E-state index contributed by atoms with van der Waals surface area (Å²) in [5.74, 6) is 0.239. The van der Waals surface area contributed by atoms with E-state index in [0.717, 1.165) is 24.7 Å². The van der Waals surface area contributed by atoms with Crippen LogP contribution < -0.4 is 9.64 Å². The zero-order chi connectivity index (χ0) is 29.1. The van der Waals surface area contributed by atoms with E-state index < -0.39 is 23.7 Å². The first-order valence-corrected chi connectivity index (χ1v) is 13.3. The summed E-state index contributed by atoms with van der Waals surface area (Å²) in [6, 6.07) is 5.45. The fraction of sp³-hybridized carbons (Fsp3) is 0.393. The van der Waals surface area contributed by atoms with Crippen molar-refractivity contribution in [3.8, 4) is 28.5 Å². The molecule has 1 aromatic carbocycles. The number of amides is 1. The molecular weight excluding hydrogens is 542 g/mol. The largest absolute Gasteiger partial charge is 0.480 e. The molecule has 0 N–H and O–H groups in total. The highest BCUT2D eigenvalue weighted by atomic mass is 19.4. The molecule has 1 amide bonds. The molecule has 0 spiro atoms. The van der Waals surface area contributed by atoms with Crippen molar-refractivity contribution in [2.75, 3.05) is 12.0 Å². The van der Waals surface area contributed by atoms with Gasteiger partial charge in [-0.15, -0.1) is 0 Å². The topological polar surface area (TPSA) is 91.0 Å². The fourth-order valence-corrected chi connectivity index (χ4v) is 5.33. The van der Waals surface area contributed by atoms with Crippen LogP contribution in [0.25, 0.3) is 22.6 Å². The van der Waals surface area contributed by atoms with Gasteiger partial charge in [0.2, 0.25) is 11.8 Å². The Morgan fingerprint density at radius 1 is 1.17 bits per heavy atom. The molecule has 3 aromatic heterocycles. The molecular formula is C28H27F4N7O2. The van der Waals surface area contributed by atoms with Gasteiger partial charge >= 0.3 is 6.18 Å². The quantitative estimate of drug-likeness (QED) is 0.263. The van der Waals surface area contributed by atoms with Crippen LogP contribution in [0.15, 0.2) is 36.8 Å². The standard InChI is InChI=1S/C28H27F4N7O2/c1-4-37-13-21(28(30,31)32)35-26(37)18-8-7-17(11-19(18)29)15(2)39-22-12-20(36-38(22)10-9-23(39)40)24-25(16-5-6-16)33-14-34-27(24)41-3/h7-8,11-16H,4-6,9-10H2,1-3H3/t15-/m1/s1. The molecule has 9 nitrogen and oxygen atoms in total. The zero-order valence-electron chi connectivity index (χ0n) is 22.6. The Bertz CT molecular complexity index is 1640. The number of benzene rings is 1. The number of rotatable bonds is 7. The van der Waals surface area contributed by atoms with Gasteiger partial charge in [-0.1, -0.05) is 6.07 Å². The van der Waals surface area contributed by atoms with E-state index in [-0.39, 0.29) is 30.3 Å². The van der Waals surface area contributed by atoms with E-state index in [0.29, 0.717) is 41.0 Å². The number of anilines is 1. The van der Waals surface area contributed by atoms with Crippen molar-refractivity contribution in [2.45, 2.75) is 64.3 Å². The van der Waals surface area contributed by atoms with Crippen molar-refractivity contribution in [3.63, 3.8) is 0 Å². The highest BCUT2D eigenvalue weighted by Gasteiger charge is 2.37. The summed E-state index contributed by atoms with van der Waals surface area (Å²) in [4.78, 5) is 27.2. The Hall–Kier alpha value is -4.29. The number of aromatic nitrogens is 6. The molecule has 0 saturated heterocycles. The highest BCUT2D eigenvalue weighted by molar-refractivity contribution is 5.95. The van der Waals surface area contributed by atoms with Gasteiger partial charge in [0.05, 0.1) is 36.5 Å². The molecule has 214 valence electrons. The summed E-state index contributed by atoms with van der Waals surface area (Å²) in [5.41, 5.74) is 1.47. The Morgan fingerprint density at radius 3 is 2.61 bits per heavy atom. The lowest BCUT2D eigenvalue weighted by molar-refractivity contribution is -0.140. The number of hydrogen-bond donors (Lipinski definition) is 0. The van der Waals surface area contributed by atoms with Crippen LogP contribution in [0.3, 0.4) is 0 Å². The second-order valence-electron chi connectivity index (χ2n) is 10.2. The number of halogens is 4. The summed E-state index contributed by atoms with van der Waals surface area (Å²) in [7, 11) is 1.53. The first kappa shape index (κ1) is 26.9. The SMILES string of the molecule is CCn1cc(C(F)(F)F)nc1-c1ccc([C@@H](C)N2C(=O)CCn3nc(-c4c(OC)ncnc4C4CC4)cc32)cc1F. The van der Waals surface area contributed by atoms with Crippen molar-refractivity contribution >= 4 is 11.7 Å². The van der Waals surface area contributed by atoms with E-state index in [2.05, 4.69) is 15.0 Å². The summed E-state index contributed by atoms with van der Waals surface area (Å²) >= 11 is 0. The first-order chi connectivity index (χ1) is 19.6. The van der Waals surface area contributed by atoms with Gasteiger partial charge in [0.1, 0.15) is 29.5 Å². The van der Waals surface area contributed by atoms with E-state index in [1.807, 2.05) is 0 Å². The number of carbonyl (C=O) groups is 1. The van der Waals surface area contributed by atoms with Gasteiger partial charge in [-0.3, -0.25) is 9.69 Å². The predicted molar refractivity (Wildman–Crippen MR) is 141 cm³/mol. The van der Waals surface area contributed by atoms with Gasteiger partial charge in [-0.2, -0.15) is 18.3 Å². The molecule has 2 aliphatic rings. The van der Waals surface area contributed by atoms with Gasteiger partial charge in [0.25, 0.3) is 0 Å². The van der Waals surface area contributed by atoms with E-state index >= 15 is 4.39 Å². The van der Waals surface area contributed by atoms with Crippen LogP contribution in [-0.2, 0) is 24.1 Å². The number of alkyl halides is 3. The van der Waals surface area contributed by atoms with Gasteiger partial charge < -0.3 is 9.30 Å². The molecule has 1 aliphatic carbocycles. The lowest BCUT2D eigenvalue weighted by Gasteiger charge is -2.33. The number of nitrogens with zero attached hydrogens (tertiary/aromatic N) is 7. The van der Waals surface area contributed by atoms with Gasteiger partial charge in [-0.25, -0.2) is 24.0 Å². The summed E-state index contributed by atoms with van der Waals surface area (Å²) < 4.78 is 63.7. The van der Waals surface area contributed by atoms with Crippen molar-refractivity contribution in [2.24, 2.45) is 0 Å². The normalized spacial score (nSPS) is 16.2. The smallest absolute Gasteiger partial charge is 0.434 e. The van der Waals surface area contributed by atoms with E-state index in [9.17, 15) is 18.0 Å². The number of imidazole rings is 1. The second-order valence-corrected chi connectivity index (χ2v) is 10.2. The average molecular weight is 570 g/mol. The predicted octanol–water partition coefficient (Wildman–Crippen LogP) is 5.77. The Labute approximate surface area is 232 Å². The minimum absolute atomic E-state index is 0.0561. The molecule has 1 saturated carbocycles. The van der Waals surface area contributed by atoms with E-state index in [1.54, 1.807) is 35.6 Å². The third kappa shape index (κ3) is 4.72.